The summed E-state index contributed by atoms with van der Waals surface area (Å²) in [6, 6.07) is 0. The van der Waals surface area contributed by atoms with Crippen LogP contribution in [-0.4, -0.2) is 49.5 Å². The molecule has 10 heavy (non-hydrogen) atoms. The molecule has 62 valence electrons. The minimum Gasteiger partial charge on any atom is -0.380 e. The van der Waals surface area contributed by atoms with Crippen molar-refractivity contribution in [3.05, 3.63) is 0 Å². The zero-order valence-electron chi connectivity index (χ0n) is 5.82. The van der Waals surface area contributed by atoms with Crippen LogP contribution in [-0.2, 0) is 0 Å². The summed E-state index contributed by atoms with van der Waals surface area (Å²) in [6.07, 6.45) is 0. The fourth-order valence-electron chi connectivity index (χ4n) is 0.694. The zero-order chi connectivity index (χ0) is 7.82. The average Bonchev–Trinajstić information content (AvgIpc) is 1.90. The molecular weight excluding hydrogens is 241 g/mol. The Morgan fingerprint density at radius 2 is 1.10 bits per heavy atom. The van der Waals surface area contributed by atoms with Gasteiger partial charge in [0.1, 0.15) is 0 Å². The quantitative estimate of drug-likeness (QED) is 0.439. The van der Waals surface area contributed by atoms with E-state index in [9.17, 15) is 0 Å². The Balaban J connectivity index is 3.30. The van der Waals surface area contributed by atoms with Gasteiger partial charge in [-0.05, 0) is 0 Å². The molecular formula is C3H12Cl3NSi3. The van der Waals surface area contributed by atoms with Crippen molar-refractivity contribution in [1.82, 2.24) is 3.90 Å². The van der Waals surface area contributed by atoms with Gasteiger partial charge in [0.25, 0.3) is 0 Å². The highest BCUT2D eigenvalue weighted by Crippen LogP contribution is 1.85. The monoisotopic (exact) mass is 251 g/mol. The highest BCUT2D eigenvalue weighted by molar-refractivity contribution is 6.73. The summed E-state index contributed by atoms with van der Waals surface area (Å²) in [6.45, 7) is 0. The smallest absolute Gasteiger partial charge is 0.0959 e. The lowest BCUT2D eigenvalue weighted by molar-refractivity contribution is 1.09. The van der Waals surface area contributed by atoms with Crippen LogP contribution in [0, 0.1) is 0 Å². The molecule has 0 aliphatic rings. The van der Waals surface area contributed by atoms with Gasteiger partial charge in [0.15, 0.2) is 0 Å². The van der Waals surface area contributed by atoms with E-state index in [1.54, 1.807) is 0 Å². The highest BCUT2D eigenvalue weighted by Gasteiger charge is 2.01. The van der Waals surface area contributed by atoms with Crippen LogP contribution in [0.25, 0.3) is 0 Å². The molecule has 0 aromatic carbocycles. The fourth-order valence-corrected chi connectivity index (χ4v) is 12.7. The van der Waals surface area contributed by atoms with Crippen molar-refractivity contribution >= 4 is 63.8 Å². The number of hydrogen-bond donors (Lipinski definition) is 0. The minimum atomic E-state index is -0.133. The molecule has 0 N–H and O–H groups in total. The van der Waals surface area contributed by atoms with E-state index in [4.69, 9.17) is 34.8 Å². The molecule has 0 aliphatic heterocycles. The Bertz CT molecular complexity index is 61.7. The second-order valence-corrected chi connectivity index (χ2v) is 13.2. The summed E-state index contributed by atoms with van der Waals surface area (Å²) >= 11 is 16.9. The van der Waals surface area contributed by atoms with Crippen LogP contribution >= 0.6 is 34.8 Å². The molecule has 0 radical (unpaired) electrons. The summed E-state index contributed by atoms with van der Waals surface area (Å²) < 4.78 is 2.56. The average molecular weight is 253 g/mol. The van der Waals surface area contributed by atoms with Crippen molar-refractivity contribution in [2.75, 3.05) is 16.5 Å². The fraction of sp³-hybridized carbons (Fsp3) is 1.00. The molecule has 0 amide bonds. The van der Waals surface area contributed by atoms with Crippen LogP contribution in [0.2, 0.25) is 0 Å². The second-order valence-electron chi connectivity index (χ2n) is 1.91. The molecule has 0 spiro atoms. The standard InChI is InChI=1S/C3H12Cl3NSi3/c4-1-8-7(9-2-5)10-3-6/h1-3,8-10H2. The van der Waals surface area contributed by atoms with Gasteiger partial charge in [0.2, 0.25) is 0 Å². The largest absolute Gasteiger partial charge is 0.380 e. The Hall–Kier alpha value is 1.48. The van der Waals surface area contributed by atoms with Gasteiger partial charge in [-0.2, -0.15) is 0 Å². The normalized spacial score (nSPS) is 14.4. The maximum absolute atomic E-state index is 5.65. The number of rotatable bonds is 6. The predicted octanol–water partition coefficient (Wildman–Crippen LogP) is -0.871. The Morgan fingerprint density at radius 3 is 1.30 bits per heavy atom. The molecule has 0 aromatic heterocycles. The van der Waals surface area contributed by atoms with Crippen molar-refractivity contribution in [2.24, 2.45) is 0 Å². The van der Waals surface area contributed by atoms with Crippen molar-refractivity contribution < 1.29 is 0 Å². The van der Waals surface area contributed by atoms with Gasteiger partial charge in [-0.3, -0.25) is 0 Å². The maximum atomic E-state index is 5.65. The summed E-state index contributed by atoms with van der Waals surface area (Å²) in [5.74, 6) is 0. The van der Waals surface area contributed by atoms with Gasteiger partial charge in [-0.1, -0.05) is 0 Å². The van der Waals surface area contributed by atoms with Crippen LogP contribution in [0.15, 0.2) is 0 Å². The maximum Gasteiger partial charge on any atom is 0.0959 e. The molecule has 0 fully saturated rings. The van der Waals surface area contributed by atoms with E-state index < -0.39 is 0 Å². The van der Waals surface area contributed by atoms with Gasteiger partial charge in [-0.25, -0.2) is 0 Å². The first-order chi connectivity index (χ1) is 4.85. The van der Waals surface area contributed by atoms with Crippen molar-refractivity contribution in [3.8, 4) is 0 Å². The first-order valence-electron chi connectivity index (χ1n) is 3.25. The van der Waals surface area contributed by atoms with E-state index in [-0.39, 0.29) is 29.0 Å². The van der Waals surface area contributed by atoms with Gasteiger partial charge in [-0.15, -0.1) is 34.8 Å². The van der Waals surface area contributed by atoms with Crippen LogP contribution in [0.5, 0.6) is 0 Å². The first-order valence-corrected chi connectivity index (χ1v) is 9.75. The Kier molecular flexibility index (Phi) is 9.85. The van der Waals surface area contributed by atoms with Gasteiger partial charge in [0.05, 0.1) is 29.0 Å². The van der Waals surface area contributed by atoms with E-state index in [1.165, 1.54) is 0 Å². The Labute approximate surface area is 84.1 Å². The SMILES string of the molecule is ClC[SiH2]N([SiH2]CCl)[SiH2]CCl. The molecule has 0 aromatic rings. The van der Waals surface area contributed by atoms with Crippen LogP contribution in [0.3, 0.4) is 0 Å². The van der Waals surface area contributed by atoms with Crippen molar-refractivity contribution in [3.63, 3.8) is 0 Å². The number of halogens is 3. The molecule has 0 bridgehead atoms. The molecule has 0 saturated carbocycles. The molecule has 7 heteroatoms. The summed E-state index contributed by atoms with van der Waals surface area (Å²) in [5.41, 5.74) is 2.56. The van der Waals surface area contributed by atoms with E-state index in [0.29, 0.717) is 0 Å². The lowest BCUT2D eigenvalue weighted by Gasteiger charge is -2.17. The van der Waals surface area contributed by atoms with Gasteiger partial charge < -0.3 is 3.90 Å². The number of hydrogen-bond acceptors (Lipinski definition) is 1. The minimum absolute atomic E-state index is 0.133. The van der Waals surface area contributed by atoms with E-state index >= 15 is 0 Å². The summed E-state index contributed by atoms with van der Waals surface area (Å²) in [5, 5.41) is 0. The Morgan fingerprint density at radius 1 is 0.800 bits per heavy atom. The molecule has 0 aliphatic carbocycles. The lowest BCUT2D eigenvalue weighted by Crippen LogP contribution is -2.38. The molecule has 1 nitrogen and oxygen atoms in total. The van der Waals surface area contributed by atoms with E-state index in [0.717, 1.165) is 16.5 Å². The lowest BCUT2D eigenvalue weighted by atomic mass is 11.9. The molecule has 0 saturated heterocycles. The third-order valence-electron chi connectivity index (χ3n) is 1.20. The molecule has 0 heterocycles. The van der Waals surface area contributed by atoms with E-state index in [1.807, 2.05) is 0 Å². The van der Waals surface area contributed by atoms with Gasteiger partial charge >= 0.3 is 0 Å². The van der Waals surface area contributed by atoms with Gasteiger partial charge in [0, 0.05) is 16.5 Å². The number of alkyl halides is 3. The zero-order valence-corrected chi connectivity index (χ0v) is 12.3. The third kappa shape index (κ3) is 6.21. The first kappa shape index (κ1) is 11.5. The van der Waals surface area contributed by atoms with Crippen LogP contribution < -0.4 is 0 Å². The molecule has 0 atom stereocenters. The van der Waals surface area contributed by atoms with Crippen molar-refractivity contribution in [1.29, 1.82) is 0 Å². The summed E-state index contributed by atoms with van der Waals surface area (Å²) in [4.78, 5) is 0. The summed E-state index contributed by atoms with van der Waals surface area (Å²) in [7, 11) is -0.399. The highest BCUT2D eigenvalue weighted by atomic mass is 35.5. The topological polar surface area (TPSA) is 3.24 Å². The molecule has 0 unspecified atom stereocenters. The predicted molar refractivity (Wildman–Crippen MR) is 59.6 cm³/mol. The number of nitrogens with zero attached hydrogens (tertiary/aromatic N) is 1. The van der Waals surface area contributed by atoms with Crippen LogP contribution in [0.1, 0.15) is 0 Å². The third-order valence-corrected chi connectivity index (χ3v) is 10.8. The van der Waals surface area contributed by atoms with E-state index in [2.05, 4.69) is 3.90 Å². The van der Waals surface area contributed by atoms with Crippen molar-refractivity contribution in [2.45, 2.75) is 0 Å². The second kappa shape index (κ2) is 8.58. The van der Waals surface area contributed by atoms with Crippen LogP contribution in [0.4, 0.5) is 0 Å². The molecule has 0 rings (SSSR count).